The Morgan fingerprint density at radius 3 is 2.44 bits per heavy atom. The molecule has 1 aliphatic carbocycles. The van der Waals surface area contributed by atoms with Crippen LogP contribution >= 0.6 is 0 Å². The van der Waals surface area contributed by atoms with Crippen LogP contribution in [-0.2, 0) is 37.2 Å². The van der Waals surface area contributed by atoms with Crippen molar-refractivity contribution in [3.8, 4) is 0 Å². The third-order valence-corrected chi connectivity index (χ3v) is 7.31. The van der Waals surface area contributed by atoms with Gasteiger partial charge in [0.25, 0.3) is 5.91 Å². The van der Waals surface area contributed by atoms with Gasteiger partial charge in [0.2, 0.25) is 10.0 Å². The van der Waals surface area contributed by atoms with Gasteiger partial charge in [-0.1, -0.05) is 18.2 Å². The number of halogens is 1. The summed E-state index contributed by atoms with van der Waals surface area (Å²) in [6.45, 7) is 0.763. The zero-order valence-corrected chi connectivity index (χ0v) is 19.0. The molecule has 2 aromatic rings. The van der Waals surface area contributed by atoms with Crippen molar-refractivity contribution in [2.24, 2.45) is 0 Å². The second kappa shape index (κ2) is 10.2. The zero-order valence-electron chi connectivity index (χ0n) is 18.1. The first-order valence-corrected chi connectivity index (χ1v) is 11.9. The Morgan fingerprint density at radius 2 is 1.75 bits per heavy atom. The molecule has 32 heavy (non-hydrogen) atoms. The van der Waals surface area contributed by atoms with E-state index >= 15 is 0 Å². The highest BCUT2D eigenvalue weighted by Gasteiger charge is 2.24. The number of carbonyl (C=O) groups excluding carboxylic acids is 2. The Hall–Kier alpha value is -2.78. The van der Waals surface area contributed by atoms with Crippen LogP contribution in [0.15, 0.2) is 47.4 Å². The van der Waals surface area contributed by atoms with Crippen molar-refractivity contribution in [2.75, 3.05) is 20.2 Å². The maximum atomic E-state index is 13.0. The lowest BCUT2D eigenvalue weighted by atomic mass is 9.89. The Balaban J connectivity index is 1.49. The maximum Gasteiger partial charge on any atom is 0.321 e. The summed E-state index contributed by atoms with van der Waals surface area (Å²) in [7, 11) is -2.78. The minimum absolute atomic E-state index is 0.147. The summed E-state index contributed by atoms with van der Waals surface area (Å²) in [4.78, 5) is 24.1. The molecule has 0 heterocycles. The molecular formula is C23H27FN2O5S. The largest absolute Gasteiger partial charge is 0.455 e. The Kier molecular flexibility index (Phi) is 7.63. The quantitative estimate of drug-likeness (QED) is 0.609. The van der Waals surface area contributed by atoms with Crippen molar-refractivity contribution >= 4 is 21.9 Å². The smallest absolute Gasteiger partial charge is 0.321 e. The van der Waals surface area contributed by atoms with E-state index in [9.17, 15) is 22.4 Å². The Morgan fingerprint density at radius 1 is 1.09 bits per heavy atom. The molecule has 1 atom stereocenters. The predicted octanol–water partition coefficient (Wildman–Crippen LogP) is 2.75. The summed E-state index contributed by atoms with van der Waals surface area (Å²) in [5.41, 5.74) is 3.65. The van der Waals surface area contributed by atoms with E-state index in [1.54, 1.807) is 0 Å². The van der Waals surface area contributed by atoms with Gasteiger partial charge >= 0.3 is 5.97 Å². The molecule has 1 unspecified atom stereocenters. The second-order valence-electron chi connectivity index (χ2n) is 7.90. The Bertz CT molecular complexity index is 1090. The van der Waals surface area contributed by atoms with Crippen molar-refractivity contribution < 1.29 is 27.1 Å². The number of amides is 1. The van der Waals surface area contributed by atoms with Crippen LogP contribution in [0, 0.1) is 5.82 Å². The maximum absolute atomic E-state index is 13.0. The van der Waals surface area contributed by atoms with Gasteiger partial charge in [-0.05, 0) is 73.6 Å². The van der Waals surface area contributed by atoms with Crippen LogP contribution in [0.25, 0.3) is 0 Å². The van der Waals surface area contributed by atoms with E-state index in [4.69, 9.17) is 4.74 Å². The molecule has 0 aromatic heterocycles. The summed E-state index contributed by atoms with van der Waals surface area (Å²) in [5.74, 6) is -1.91. The third kappa shape index (κ3) is 5.92. The number of hydrogen-bond acceptors (Lipinski definition) is 5. The van der Waals surface area contributed by atoms with E-state index < -0.39 is 40.9 Å². The number of likely N-dealkylation sites (N-methyl/N-ethyl adjacent to an activating group) is 1. The molecule has 172 valence electrons. The molecule has 1 aliphatic rings. The van der Waals surface area contributed by atoms with Gasteiger partial charge in [0.1, 0.15) is 12.4 Å². The molecule has 0 radical (unpaired) electrons. The van der Waals surface area contributed by atoms with Gasteiger partial charge in [0, 0.05) is 7.05 Å². The Labute approximate surface area is 187 Å². The van der Waals surface area contributed by atoms with E-state index in [1.165, 1.54) is 31.0 Å². The summed E-state index contributed by atoms with van der Waals surface area (Å²) in [6, 6.07) is 10.2. The molecule has 1 N–H and O–H groups in total. The summed E-state index contributed by atoms with van der Waals surface area (Å²) in [5, 5.41) is 2.79. The van der Waals surface area contributed by atoms with Crippen molar-refractivity contribution in [3.63, 3.8) is 0 Å². The van der Waals surface area contributed by atoms with E-state index in [-0.39, 0.29) is 10.9 Å². The van der Waals surface area contributed by atoms with Gasteiger partial charge in [0.05, 0.1) is 10.9 Å². The number of rotatable bonds is 8. The lowest BCUT2D eigenvalue weighted by molar-refractivity contribution is -0.148. The highest BCUT2D eigenvalue weighted by molar-refractivity contribution is 7.89. The molecule has 1 amide bonds. The van der Waals surface area contributed by atoms with Crippen molar-refractivity contribution in [1.29, 1.82) is 0 Å². The van der Waals surface area contributed by atoms with E-state index in [1.807, 2.05) is 13.0 Å². The fraction of sp³-hybridized carbons (Fsp3) is 0.391. The minimum atomic E-state index is -3.99. The molecule has 0 saturated heterocycles. The highest BCUT2D eigenvalue weighted by Crippen LogP contribution is 2.24. The van der Waals surface area contributed by atoms with Crippen molar-refractivity contribution in [2.45, 2.75) is 43.5 Å². The first kappa shape index (κ1) is 23.9. The number of nitrogens with zero attached hydrogens (tertiary/aromatic N) is 1. The number of ether oxygens (including phenoxy) is 1. The fourth-order valence-electron chi connectivity index (χ4n) is 3.63. The number of nitrogens with one attached hydrogen (secondary N) is 1. The van der Waals surface area contributed by atoms with E-state index in [0.29, 0.717) is 0 Å². The number of aryl methyl sites for hydroxylation is 2. The predicted molar refractivity (Wildman–Crippen MR) is 117 cm³/mol. The van der Waals surface area contributed by atoms with Gasteiger partial charge in [-0.25, -0.2) is 12.8 Å². The topological polar surface area (TPSA) is 92.8 Å². The standard InChI is InChI=1S/C23H27FN2O5S/c1-16(18-8-7-17-5-3-4-6-19(17)13-18)25-22(27)15-31-23(28)14-26(2)32(29,30)21-11-9-20(24)10-12-21/h7-13,16H,3-6,14-15H2,1-2H3,(H,25,27). The number of sulfonamides is 1. The molecular weight excluding hydrogens is 435 g/mol. The van der Waals surface area contributed by atoms with Gasteiger partial charge in [-0.2, -0.15) is 4.31 Å². The molecule has 3 rings (SSSR count). The van der Waals surface area contributed by atoms with Gasteiger partial charge in [0.15, 0.2) is 6.61 Å². The normalized spacial score (nSPS) is 14.5. The number of carbonyl (C=O) groups is 2. The third-order valence-electron chi connectivity index (χ3n) is 5.49. The van der Waals surface area contributed by atoms with Crippen LogP contribution in [0.1, 0.15) is 42.5 Å². The number of benzene rings is 2. The fourth-order valence-corrected chi connectivity index (χ4v) is 4.75. The van der Waals surface area contributed by atoms with Gasteiger partial charge in [-0.15, -0.1) is 0 Å². The van der Waals surface area contributed by atoms with Crippen molar-refractivity contribution in [1.82, 2.24) is 9.62 Å². The van der Waals surface area contributed by atoms with Crippen LogP contribution in [0.2, 0.25) is 0 Å². The lowest BCUT2D eigenvalue weighted by Crippen LogP contribution is -2.36. The molecule has 2 aromatic carbocycles. The molecule has 0 saturated carbocycles. The number of hydrogen-bond donors (Lipinski definition) is 1. The van der Waals surface area contributed by atoms with Crippen LogP contribution < -0.4 is 5.32 Å². The lowest BCUT2D eigenvalue weighted by Gasteiger charge is -2.20. The summed E-state index contributed by atoms with van der Waals surface area (Å²) < 4.78 is 43.6. The van der Waals surface area contributed by atoms with Gasteiger partial charge in [-0.3, -0.25) is 9.59 Å². The number of fused-ring (bicyclic) bond motifs is 1. The summed E-state index contributed by atoms with van der Waals surface area (Å²) in [6.07, 6.45) is 4.48. The van der Waals surface area contributed by atoms with Gasteiger partial charge < -0.3 is 10.1 Å². The zero-order chi connectivity index (χ0) is 23.3. The highest BCUT2D eigenvalue weighted by atomic mass is 32.2. The first-order valence-electron chi connectivity index (χ1n) is 10.5. The molecule has 0 bridgehead atoms. The summed E-state index contributed by atoms with van der Waals surface area (Å²) >= 11 is 0. The number of esters is 1. The SMILES string of the molecule is CC(NC(=O)COC(=O)CN(C)S(=O)(=O)c1ccc(F)cc1)c1ccc2c(c1)CCCC2. The molecule has 0 aliphatic heterocycles. The second-order valence-corrected chi connectivity index (χ2v) is 9.95. The van der Waals surface area contributed by atoms with Crippen molar-refractivity contribution in [3.05, 3.63) is 65.0 Å². The molecule has 0 spiro atoms. The monoisotopic (exact) mass is 462 g/mol. The van der Waals surface area contributed by atoms with Crippen LogP contribution in [0.4, 0.5) is 4.39 Å². The van der Waals surface area contributed by atoms with E-state index in [2.05, 4.69) is 17.4 Å². The average Bonchev–Trinajstić information content (AvgIpc) is 2.77. The minimum Gasteiger partial charge on any atom is -0.455 e. The van der Waals surface area contributed by atoms with Crippen LogP contribution in [-0.4, -0.2) is 44.8 Å². The molecule has 0 fully saturated rings. The van der Waals surface area contributed by atoms with E-state index in [0.717, 1.165) is 47.0 Å². The molecule has 9 heteroatoms. The molecule has 7 nitrogen and oxygen atoms in total. The van der Waals surface area contributed by atoms with Crippen LogP contribution in [0.5, 0.6) is 0 Å². The van der Waals surface area contributed by atoms with Crippen LogP contribution in [0.3, 0.4) is 0 Å². The first-order chi connectivity index (χ1) is 15.2. The average molecular weight is 463 g/mol.